The van der Waals surface area contributed by atoms with Crippen molar-refractivity contribution in [3.05, 3.63) is 106 Å². The summed E-state index contributed by atoms with van der Waals surface area (Å²) < 4.78 is 44.9. The molecular formula is C30H32ClF3N2O2. The van der Waals surface area contributed by atoms with E-state index >= 15 is 0 Å². The number of hydrogen-bond donors (Lipinski definition) is 0. The van der Waals surface area contributed by atoms with Gasteiger partial charge in [0.2, 0.25) is 5.91 Å². The van der Waals surface area contributed by atoms with Crippen LogP contribution in [0.2, 0.25) is 5.02 Å². The van der Waals surface area contributed by atoms with E-state index in [1.807, 2.05) is 54.3 Å². The number of hydrogen-bond acceptors (Lipinski definition) is 3. The van der Waals surface area contributed by atoms with Gasteiger partial charge >= 0.3 is 6.18 Å². The van der Waals surface area contributed by atoms with Crippen molar-refractivity contribution in [2.24, 2.45) is 0 Å². The molecule has 0 unspecified atom stereocenters. The summed E-state index contributed by atoms with van der Waals surface area (Å²) in [7, 11) is 0. The second-order valence-corrected chi connectivity index (χ2v) is 9.98. The lowest BCUT2D eigenvalue weighted by molar-refractivity contribution is -0.137. The molecule has 3 aromatic rings. The maximum absolute atomic E-state index is 13.3. The monoisotopic (exact) mass is 544 g/mol. The van der Waals surface area contributed by atoms with Crippen LogP contribution >= 0.6 is 11.6 Å². The molecule has 0 aliphatic carbocycles. The Morgan fingerprint density at radius 3 is 2.11 bits per heavy atom. The van der Waals surface area contributed by atoms with Gasteiger partial charge in [0.25, 0.3) is 0 Å². The molecule has 0 saturated carbocycles. The molecule has 0 bridgehead atoms. The van der Waals surface area contributed by atoms with Gasteiger partial charge in [-0.2, -0.15) is 13.2 Å². The lowest BCUT2D eigenvalue weighted by Gasteiger charge is -2.38. The summed E-state index contributed by atoms with van der Waals surface area (Å²) in [5.41, 5.74) is 1.97. The molecule has 4 rings (SSSR count). The van der Waals surface area contributed by atoms with Gasteiger partial charge < -0.3 is 9.64 Å². The predicted octanol–water partition coefficient (Wildman–Crippen LogP) is 6.95. The van der Waals surface area contributed by atoms with Crippen molar-refractivity contribution >= 4 is 17.5 Å². The summed E-state index contributed by atoms with van der Waals surface area (Å²) in [6.07, 6.45) is -3.92. The maximum Gasteiger partial charge on any atom is 0.416 e. The number of nitrogens with zero attached hydrogens (tertiary/aromatic N) is 2. The van der Waals surface area contributed by atoms with Gasteiger partial charge in [-0.1, -0.05) is 73.1 Å². The topological polar surface area (TPSA) is 32.8 Å². The first-order valence-electron chi connectivity index (χ1n) is 12.8. The lowest BCUT2D eigenvalue weighted by Crippen LogP contribution is -2.50. The molecule has 0 spiro atoms. The molecule has 1 saturated heterocycles. The minimum absolute atomic E-state index is 0.142. The molecule has 1 amide bonds. The van der Waals surface area contributed by atoms with Gasteiger partial charge in [-0.25, -0.2) is 0 Å². The Morgan fingerprint density at radius 1 is 0.895 bits per heavy atom. The Morgan fingerprint density at radius 2 is 1.53 bits per heavy atom. The van der Waals surface area contributed by atoms with Gasteiger partial charge in [0, 0.05) is 37.7 Å². The SMILES string of the molecule is CC[C@@H](C(=O)N1CCN(C[C@H](OCc2ccc(C(F)(F)F)cc2)c2ccc(Cl)cc2)CC1)c1ccccc1. The first kappa shape index (κ1) is 28.1. The molecule has 0 aromatic heterocycles. The number of amides is 1. The van der Waals surface area contributed by atoms with Gasteiger partial charge in [-0.3, -0.25) is 9.69 Å². The molecule has 8 heteroatoms. The van der Waals surface area contributed by atoms with Crippen LogP contribution in [0, 0.1) is 0 Å². The zero-order valence-electron chi connectivity index (χ0n) is 21.3. The Bertz CT molecular complexity index is 1160. The minimum atomic E-state index is -4.37. The van der Waals surface area contributed by atoms with Crippen molar-refractivity contribution in [1.82, 2.24) is 9.80 Å². The zero-order chi connectivity index (χ0) is 27.1. The molecule has 202 valence electrons. The number of halogens is 4. The highest BCUT2D eigenvalue weighted by Crippen LogP contribution is 2.30. The third-order valence-corrected chi connectivity index (χ3v) is 7.24. The highest BCUT2D eigenvalue weighted by atomic mass is 35.5. The summed E-state index contributed by atoms with van der Waals surface area (Å²) in [5.74, 6) is 0.0165. The van der Waals surface area contributed by atoms with Crippen molar-refractivity contribution in [2.75, 3.05) is 32.7 Å². The zero-order valence-corrected chi connectivity index (χ0v) is 22.1. The second kappa shape index (κ2) is 12.8. The van der Waals surface area contributed by atoms with Crippen molar-refractivity contribution in [3.63, 3.8) is 0 Å². The number of piperazine rings is 1. The van der Waals surface area contributed by atoms with Crippen molar-refractivity contribution in [2.45, 2.75) is 38.1 Å². The predicted molar refractivity (Wildman–Crippen MR) is 143 cm³/mol. The summed E-state index contributed by atoms with van der Waals surface area (Å²) >= 11 is 6.08. The molecule has 4 nitrogen and oxygen atoms in total. The van der Waals surface area contributed by atoms with E-state index in [1.165, 1.54) is 12.1 Å². The molecule has 0 N–H and O–H groups in total. The van der Waals surface area contributed by atoms with Crippen LogP contribution in [-0.2, 0) is 22.3 Å². The van der Waals surface area contributed by atoms with E-state index in [4.69, 9.17) is 16.3 Å². The fraction of sp³-hybridized carbons (Fsp3) is 0.367. The number of ether oxygens (including phenoxy) is 1. The molecule has 1 heterocycles. The molecule has 3 aromatic carbocycles. The first-order chi connectivity index (χ1) is 18.2. The maximum atomic E-state index is 13.3. The molecule has 38 heavy (non-hydrogen) atoms. The highest BCUT2D eigenvalue weighted by molar-refractivity contribution is 6.30. The number of benzene rings is 3. The van der Waals surface area contributed by atoms with Gasteiger partial charge in [0.05, 0.1) is 24.2 Å². The fourth-order valence-corrected chi connectivity index (χ4v) is 4.89. The Hall–Kier alpha value is -2.87. The second-order valence-electron chi connectivity index (χ2n) is 9.54. The van der Waals surface area contributed by atoms with Crippen molar-refractivity contribution < 1.29 is 22.7 Å². The Kier molecular flexibility index (Phi) is 9.47. The molecule has 1 aliphatic heterocycles. The van der Waals surface area contributed by atoms with Crippen LogP contribution in [0.4, 0.5) is 13.2 Å². The molecular weight excluding hydrogens is 513 g/mol. The average Bonchev–Trinajstić information content (AvgIpc) is 2.92. The standard InChI is InChI=1S/C30H32ClF3N2O2/c1-2-27(23-6-4-3-5-7-23)29(37)36-18-16-35(17-19-36)20-28(24-10-14-26(31)15-11-24)38-21-22-8-12-25(13-9-22)30(32,33)34/h3-15,27-28H,2,16-21H2,1H3/t27-,28+/m1/s1. The van der Waals surface area contributed by atoms with E-state index in [-0.39, 0.29) is 24.5 Å². The van der Waals surface area contributed by atoms with Crippen LogP contribution in [0.25, 0.3) is 0 Å². The third-order valence-electron chi connectivity index (χ3n) is 6.99. The Labute approximate surface area is 227 Å². The average molecular weight is 545 g/mol. The number of alkyl halides is 3. The summed E-state index contributed by atoms with van der Waals surface area (Å²) in [6, 6.07) is 22.4. The summed E-state index contributed by atoms with van der Waals surface area (Å²) in [5, 5.41) is 0.617. The van der Waals surface area contributed by atoms with Crippen LogP contribution in [-0.4, -0.2) is 48.4 Å². The largest absolute Gasteiger partial charge is 0.416 e. The highest BCUT2D eigenvalue weighted by Gasteiger charge is 2.30. The third kappa shape index (κ3) is 7.37. The number of carbonyl (C=O) groups is 1. The van der Waals surface area contributed by atoms with Crippen LogP contribution < -0.4 is 0 Å². The van der Waals surface area contributed by atoms with E-state index < -0.39 is 11.7 Å². The van der Waals surface area contributed by atoms with Crippen LogP contribution in [0.3, 0.4) is 0 Å². The molecule has 0 radical (unpaired) electrons. The van der Waals surface area contributed by atoms with Gasteiger partial charge in [0.15, 0.2) is 0 Å². The van der Waals surface area contributed by atoms with Crippen LogP contribution in [0.5, 0.6) is 0 Å². The quantitative estimate of drug-likeness (QED) is 0.292. The van der Waals surface area contributed by atoms with E-state index in [2.05, 4.69) is 4.90 Å². The van der Waals surface area contributed by atoms with E-state index in [9.17, 15) is 18.0 Å². The van der Waals surface area contributed by atoms with Crippen molar-refractivity contribution in [1.29, 1.82) is 0 Å². The van der Waals surface area contributed by atoms with Gasteiger partial charge in [-0.05, 0) is 47.4 Å². The Balaban J connectivity index is 1.38. The smallest absolute Gasteiger partial charge is 0.368 e. The van der Waals surface area contributed by atoms with Crippen LogP contribution in [0.15, 0.2) is 78.9 Å². The van der Waals surface area contributed by atoms with E-state index in [1.54, 1.807) is 12.1 Å². The van der Waals surface area contributed by atoms with Crippen molar-refractivity contribution in [3.8, 4) is 0 Å². The molecule has 1 aliphatic rings. The minimum Gasteiger partial charge on any atom is -0.368 e. The van der Waals surface area contributed by atoms with Crippen LogP contribution in [0.1, 0.15) is 47.6 Å². The van der Waals surface area contributed by atoms with E-state index in [0.717, 1.165) is 29.7 Å². The lowest BCUT2D eigenvalue weighted by atomic mass is 9.95. The number of carbonyl (C=O) groups excluding carboxylic acids is 1. The first-order valence-corrected chi connectivity index (χ1v) is 13.2. The summed E-state index contributed by atoms with van der Waals surface area (Å²) in [4.78, 5) is 17.5. The fourth-order valence-electron chi connectivity index (χ4n) is 4.76. The molecule has 1 fully saturated rings. The van der Waals surface area contributed by atoms with Gasteiger partial charge in [0.1, 0.15) is 0 Å². The molecule has 2 atom stereocenters. The van der Waals surface area contributed by atoms with Gasteiger partial charge in [-0.15, -0.1) is 0 Å². The number of rotatable bonds is 9. The summed E-state index contributed by atoms with van der Waals surface area (Å²) in [6.45, 7) is 5.51. The normalized spacial score (nSPS) is 16.3. The van der Waals surface area contributed by atoms with E-state index in [0.29, 0.717) is 43.3 Å².